The van der Waals surface area contributed by atoms with Gasteiger partial charge in [-0.25, -0.2) is 4.99 Å². The predicted octanol–water partition coefficient (Wildman–Crippen LogP) is 3.38. The predicted molar refractivity (Wildman–Crippen MR) is 65.0 cm³/mol. The molecule has 0 radical (unpaired) electrons. The Hall–Kier alpha value is -1.22. The van der Waals surface area contributed by atoms with Crippen LogP contribution in [-0.4, -0.2) is 13.3 Å². The van der Waals surface area contributed by atoms with Crippen LogP contribution in [0.5, 0.6) is 0 Å². The van der Waals surface area contributed by atoms with Crippen molar-refractivity contribution in [3.63, 3.8) is 0 Å². The largest absolute Gasteiger partial charge is 0.492 e. The maximum Gasteiger partial charge on any atom is 0.169 e. The van der Waals surface area contributed by atoms with E-state index in [1.807, 2.05) is 6.07 Å². The van der Waals surface area contributed by atoms with Crippen LogP contribution in [0.15, 0.2) is 46.1 Å². The van der Waals surface area contributed by atoms with Crippen LogP contribution in [0.3, 0.4) is 0 Å². The van der Waals surface area contributed by atoms with Crippen LogP contribution in [0.25, 0.3) is 0 Å². The van der Waals surface area contributed by atoms with E-state index in [-0.39, 0.29) is 0 Å². The van der Waals surface area contributed by atoms with Crippen molar-refractivity contribution in [3.8, 4) is 0 Å². The zero-order valence-electron chi connectivity index (χ0n) is 8.81. The fourth-order valence-electron chi connectivity index (χ4n) is 1.36. The third kappa shape index (κ3) is 2.23. The van der Waals surface area contributed by atoms with Gasteiger partial charge < -0.3 is 4.74 Å². The Bertz CT molecular complexity index is 397. The Morgan fingerprint density at radius 2 is 2.00 bits per heavy atom. The quantitative estimate of drug-likeness (QED) is 0.774. The summed E-state index contributed by atoms with van der Waals surface area (Å²) in [5.41, 5.74) is 1.31. The smallest absolute Gasteiger partial charge is 0.169 e. The van der Waals surface area contributed by atoms with E-state index in [1.165, 1.54) is 5.56 Å². The number of thioether (sulfide) groups is 1. The van der Waals surface area contributed by atoms with Gasteiger partial charge in [-0.3, -0.25) is 0 Å². The number of hydrogen-bond acceptors (Lipinski definition) is 3. The molecule has 0 fully saturated rings. The van der Waals surface area contributed by atoms with Crippen molar-refractivity contribution < 1.29 is 4.74 Å². The van der Waals surface area contributed by atoms with E-state index in [0.717, 1.165) is 10.8 Å². The van der Waals surface area contributed by atoms with Crippen LogP contribution >= 0.6 is 11.8 Å². The van der Waals surface area contributed by atoms with Gasteiger partial charge in [0.05, 0.1) is 13.3 Å². The van der Waals surface area contributed by atoms with Crippen LogP contribution < -0.4 is 0 Å². The van der Waals surface area contributed by atoms with Crippen molar-refractivity contribution in [2.75, 3.05) is 7.11 Å². The molecule has 0 bridgehead atoms. The Morgan fingerprint density at radius 1 is 1.27 bits per heavy atom. The average Bonchev–Trinajstić information content (AvgIpc) is 2.26. The van der Waals surface area contributed by atoms with Crippen molar-refractivity contribution in [3.05, 3.63) is 46.7 Å². The highest BCUT2D eigenvalue weighted by Gasteiger charge is 2.17. The fourth-order valence-corrected chi connectivity index (χ4v) is 2.35. The first-order chi connectivity index (χ1) is 7.31. The van der Waals surface area contributed by atoms with E-state index in [0.29, 0.717) is 5.25 Å². The standard InChI is InChI=1S/C12H13NOS/c1-9(10-6-4-3-5-7-10)15-12-11(14-2)8-13-12/h3-9H,1-2H3. The van der Waals surface area contributed by atoms with Gasteiger partial charge in [0.25, 0.3) is 0 Å². The molecule has 78 valence electrons. The van der Waals surface area contributed by atoms with E-state index < -0.39 is 0 Å². The summed E-state index contributed by atoms with van der Waals surface area (Å²) < 4.78 is 5.14. The third-order valence-electron chi connectivity index (χ3n) is 2.29. The first-order valence-corrected chi connectivity index (χ1v) is 5.73. The highest BCUT2D eigenvalue weighted by molar-refractivity contribution is 8.03. The Kier molecular flexibility index (Phi) is 3.11. The van der Waals surface area contributed by atoms with Crippen molar-refractivity contribution in [2.45, 2.75) is 12.2 Å². The normalized spacial score (nSPS) is 16.1. The first kappa shape index (κ1) is 10.3. The molecule has 0 N–H and O–H groups in total. The molecule has 0 aromatic heterocycles. The maximum absolute atomic E-state index is 5.14. The lowest BCUT2D eigenvalue weighted by Crippen LogP contribution is -2.02. The fraction of sp³-hybridized carbons (Fsp3) is 0.250. The van der Waals surface area contributed by atoms with Crippen LogP contribution in [0, 0.1) is 0 Å². The maximum atomic E-state index is 5.14. The summed E-state index contributed by atoms with van der Waals surface area (Å²) in [4.78, 5) is 4.18. The highest BCUT2D eigenvalue weighted by atomic mass is 32.2. The zero-order chi connectivity index (χ0) is 10.7. The molecule has 15 heavy (non-hydrogen) atoms. The average molecular weight is 219 g/mol. The third-order valence-corrected chi connectivity index (χ3v) is 3.44. The molecule has 0 spiro atoms. The van der Waals surface area contributed by atoms with Gasteiger partial charge in [0.1, 0.15) is 5.03 Å². The minimum atomic E-state index is 0.406. The molecule has 3 heteroatoms. The molecule has 1 aliphatic rings. The second-order valence-corrected chi connectivity index (χ2v) is 4.63. The number of nitrogens with zero attached hydrogens (tertiary/aromatic N) is 1. The topological polar surface area (TPSA) is 21.6 Å². The van der Waals surface area contributed by atoms with Gasteiger partial charge in [-0.2, -0.15) is 0 Å². The molecule has 1 unspecified atom stereocenters. The minimum Gasteiger partial charge on any atom is -0.492 e. The molecule has 2 rings (SSSR count). The molecule has 1 aromatic carbocycles. The van der Waals surface area contributed by atoms with Crippen molar-refractivity contribution in [1.82, 2.24) is 0 Å². The first-order valence-electron chi connectivity index (χ1n) is 4.85. The Balaban J connectivity index is 2.02. The van der Waals surface area contributed by atoms with Crippen LogP contribution in [0.1, 0.15) is 17.7 Å². The second kappa shape index (κ2) is 4.53. The molecule has 1 aliphatic heterocycles. The lowest BCUT2D eigenvalue weighted by molar-refractivity contribution is 0.311. The summed E-state index contributed by atoms with van der Waals surface area (Å²) in [7, 11) is 1.67. The molecular formula is C12H13NOS. The molecule has 2 nitrogen and oxygen atoms in total. The van der Waals surface area contributed by atoms with Gasteiger partial charge in [0.2, 0.25) is 0 Å². The lowest BCUT2D eigenvalue weighted by Gasteiger charge is -2.17. The number of benzene rings is 1. The van der Waals surface area contributed by atoms with Crippen molar-refractivity contribution in [2.24, 2.45) is 4.99 Å². The number of allylic oxidation sites excluding steroid dienone is 1. The van der Waals surface area contributed by atoms with E-state index in [4.69, 9.17) is 4.74 Å². The van der Waals surface area contributed by atoms with Gasteiger partial charge in [-0.1, -0.05) is 42.1 Å². The van der Waals surface area contributed by atoms with E-state index >= 15 is 0 Å². The SMILES string of the molecule is COC1=C(SC(C)c2ccccc2)N=C1. The van der Waals surface area contributed by atoms with Gasteiger partial charge in [0, 0.05) is 5.25 Å². The van der Waals surface area contributed by atoms with E-state index in [1.54, 1.807) is 25.1 Å². The van der Waals surface area contributed by atoms with Crippen molar-refractivity contribution >= 4 is 18.0 Å². The second-order valence-electron chi connectivity index (χ2n) is 3.30. The summed E-state index contributed by atoms with van der Waals surface area (Å²) >= 11 is 1.73. The zero-order valence-corrected chi connectivity index (χ0v) is 9.62. The summed E-state index contributed by atoms with van der Waals surface area (Å²) in [6, 6.07) is 10.4. The van der Waals surface area contributed by atoms with Crippen LogP contribution in [-0.2, 0) is 4.74 Å². The molecule has 1 heterocycles. The molecule has 1 atom stereocenters. The summed E-state index contributed by atoms with van der Waals surface area (Å²) in [5, 5.41) is 1.40. The van der Waals surface area contributed by atoms with Crippen LogP contribution in [0.2, 0.25) is 0 Å². The van der Waals surface area contributed by atoms with Crippen LogP contribution in [0.4, 0.5) is 0 Å². The number of methoxy groups -OCH3 is 1. The van der Waals surface area contributed by atoms with Crippen molar-refractivity contribution in [1.29, 1.82) is 0 Å². The molecule has 0 saturated heterocycles. The Labute approximate surface area is 94.1 Å². The minimum absolute atomic E-state index is 0.406. The van der Waals surface area contributed by atoms with Gasteiger partial charge >= 0.3 is 0 Å². The van der Waals surface area contributed by atoms with E-state index in [2.05, 4.69) is 36.2 Å². The number of ether oxygens (including phenoxy) is 1. The highest BCUT2D eigenvalue weighted by Crippen LogP contribution is 2.38. The van der Waals surface area contributed by atoms with Gasteiger partial charge in [-0.15, -0.1) is 0 Å². The molecule has 0 amide bonds. The van der Waals surface area contributed by atoms with Gasteiger partial charge in [0.15, 0.2) is 5.76 Å². The number of aliphatic imine (C=N–C) groups is 1. The number of hydrogen-bond donors (Lipinski definition) is 0. The monoisotopic (exact) mass is 219 g/mol. The van der Waals surface area contributed by atoms with Gasteiger partial charge in [-0.05, 0) is 12.5 Å². The summed E-state index contributed by atoms with van der Waals surface area (Å²) in [6.45, 7) is 2.17. The lowest BCUT2D eigenvalue weighted by atomic mass is 10.2. The summed E-state index contributed by atoms with van der Waals surface area (Å²) in [6.07, 6.45) is 1.75. The Morgan fingerprint density at radius 3 is 2.53 bits per heavy atom. The number of rotatable bonds is 4. The molecule has 0 aliphatic carbocycles. The van der Waals surface area contributed by atoms with E-state index in [9.17, 15) is 0 Å². The summed E-state index contributed by atoms with van der Waals surface area (Å²) in [5.74, 6) is 0.891. The molecular weight excluding hydrogens is 206 g/mol. The molecule has 0 saturated carbocycles. The molecule has 1 aromatic rings.